The maximum absolute atomic E-state index is 13.8. The number of hydrogen-bond donors (Lipinski definition) is 2. The van der Waals surface area contributed by atoms with E-state index in [0.29, 0.717) is 5.69 Å². The molecule has 0 radical (unpaired) electrons. The van der Waals surface area contributed by atoms with E-state index in [9.17, 15) is 18.0 Å². The maximum Gasteiger partial charge on any atom is 0.410 e. The summed E-state index contributed by atoms with van der Waals surface area (Å²) in [5.74, 6) is -0.383. The van der Waals surface area contributed by atoms with Crippen molar-refractivity contribution in [1.29, 1.82) is 0 Å². The third-order valence-corrected chi connectivity index (χ3v) is 5.52. The number of nitrogens with one attached hydrogen (secondary N) is 2. The average molecular weight is 428 g/mol. The van der Waals surface area contributed by atoms with Gasteiger partial charge in [-0.3, -0.25) is 4.79 Å². The highest BCUT2D eigenvalue weighted by Gasteiger charge is 2.46. The van der Waals surface area contributed by atoms with Crippen LogP contribution >= 0.6 is 0 Å². The molecule has 2 atom stereocenters. The number of carbonyl (C=O) groups is 1. The second-order valence-electron chi connectivity index (χ2n) is 7.76. The van der Waals surface area contributed by atoms with Gasteiger partial charge in [-0.15, -0.1) is 0 Å². The summed E-state index contributed by atoms with van der Waals surface area (Å²) in [6, 6.07) is 13.7. The number of anilines is 2. The van der Waals surface area contributed by atoms with Crippen molar-refractivity contribution in [2.45, 2.75) is 44.9 Å². The summed E-state index contributed by atoms with van der Waals surface area (Å²) in [7, 11) is 0. The Kier molecular flexibility index (Phi) is 5.47. The smallest absolute Gasteiger partial charge is 0.363 e. The van der Waals surface area contributed by atoms with Crippen molar-refractivity contribution in [1.82, 2.24) is 9.78 Å². The molecule has 0 saturated heterocycles. The minimum Gasteiger partial charge on any atom is -0.363 e. The number of hydrogen-bond acceptors (Lipinski definition) is 3. The molecule has 1 aliphatic rings. The Morgan fingerprint density at radius 1 is 1.16 bits per heavy atom. The molecule has 1 amide bonds. The van der Waals surface area contributed by atoms with E-state index in [4.69, 9.17) is 0 Å². The molecule has 3 aromatic rings. The van der Waals surface area contributed by atoms with Crippen LogP contribution in [-0.4, -0.2) is 21.9 Å². The molecule has 0 fully saturated rings. The molecule has 0 spiro atoms. The van der Waals surface area contributed by atoms with E-state index >= 15 is 0 Å². The standard InChI is InChI=1S/C23H23F3N4O/c1-3-15-6-10-17(11-7-15)27-22(31)19-13-21-28-18(16-8-4-14(2)5-9-16)12-20(23(24,25)26)30(21)29-19/h4-11,13,18,20,28H,3,12H2,1-2H3,(H,27,31). The lowest BCUT2D eigenvalue weighted by Crippen LogP contribution is -2.35. The number of carbonyl (C=O) groups excluding carboxylic acids is 1. The van der Waals surface area contributed by atoms with Crippen LogP contribution in [0.2, 0.25) is 0 Å². The summed E-state index contributed by atoms with van der Waals surface area (Å²) in [6.07, 6.45) is -3.83. The number of aromatic nitrogens is 2. The van der Waals surface area contributed by atoms with Gasteiger partial charge in [0.1, 0.15) is 5.82 Å². The molecule has 1 aliphatic heterocycles. The van der Waals surface area contributed by atoms with Crippen LogP contribution in [0.5, 0.6) is 0 Å². The fourth-order valence-corrected chi connectivity index (χ4v) is 3.72. The van der Waals surface area contributed by atoms with Crippen molar-refractivity contribution < 1.29 is 18.0 Å². The van der Waals surface area contributed by atoms with E-state index in [1.807, 2.05) is 50.2 Å². The second-order valence-corrected chi connectivity index (χ2v) is 7.76. The molecule has 2 unspecified atom stereocenters. The largest absolute Gasteiger partial charge is 0.410 e. The monoisotopic (exact) mass is 428 g/mol. The van der Waals surface area contributed by atoms with Crippen LogP contribution in [0.15, 0.2) is 54.6 Å². The first kappa shape index (κ1) is 21.0. The van der Waals surface area contributed by atoms with Gasteiger partial charge in [0, 0.05) is 18.2 Å². The summed E-state index contributed by atoms with van der Waals surface area (Å²) >= 11 is 0. The van der Waals surface area contributed by atoms with Crippen molar-refractivity contribution in [2.24, 2.45) is 0 Å². The normalized spacial score (nSPS) is 18.2. The Morgan fingerprint density at radius 2 is 1.84 bits per heavy atom. The SMILES string of the molecule is CCc1ccc(NC(=O)c2cc3n(n2)C(C(F)(F)F)CC(c2ccc(C)cc2)N3)cc1. The summed E-state index contributed by atoms with van der Waals surface area (Å²) in [5.41, 5.74) is 3.40. The summed E-state index contributed by atoms with van der Waals surface area (Å²) in [6.45, 7) is 3.95. The van der Waals surface area contributed by atoms with Crippen LogP contribution in [0, 0.1) is 6.92 Å². The Balaban J connectivity index is 1.61. The fraction of sp³-hybridized carbons (Fsp3) is 0.304. The quantitative estimate of drug-likeness (QED) is 0.563. The molecule has 2 N–H and O–H groups in total. The lowest BCUT2D eigenvalue weighted by molar-refractivity contribution is -0.173. The molecule has 2 heterocycles. The van der Waals surface area contributed by atoms with Gasteiger partial charge in [0.2, 0.25) is 0 Å². The van der Waals surface area contributed by atoms with E-state index in [0.717, 1.165) is 27.8 Å². The number of benzene rings is 2. The number of fused-ring (bicyclic) bond motifs is 1. The maximum atomic E-state index is 13.8. The lowest BCUT2D eigenvalue weighted by Gasteiger charge is -2.33. The first-order valence-electron chi connectivity index (χ1n) is 10.1. The fourth-order valence-electron chi connectivity index (χ4n) is 3.72. The highest BCUT2D eigenvalue weighted by atomic mass is 19.4. The predicted octanol–water partition coefficient (Wildman–Crippen LogP) is 5.67. The molecular formula is C23H23F3N4O. The van der Waals surface area contributed by atoms with Gasteiger partial charge in [-0.25, -0.2) is 4.68 Å². The highest BCUT2D eigenvalue weighted by molar-refractivity contribution is 6.03. The number of rotatable bonds is 4. The van der Waals surface area contributed by atoms with Gasteiger partial charge in [0.05, 0.1) is 6.04 Å². The van der Waals surface area contributed by atoms with Gasteiger partial charge < -0.3 is 10.6 Å². The number of halogens is 3. The van der Waals surface area contributed by atoms with E-state index in [1.54, 1.807) is 12.1 Å². The summed E-state index contributed by atoms with van der Waals surface area (Å²) in [5, 5.41) is 9.80. The van der Waals surface area contributed by atoms with Gasteiger partial charge in [-0.05, 0) is 36.6 Å². The van der Waals surface area contributed by atoms with E-state index in [1.165, 1.54) is 6.07 Å². The van der Waals surface area contributed by atoms with Crippen molar-refractivity contribution in [3.8, 4) is 0 Å². The molecule has 0 aliphatic carbocycles. The Morgan fingerprint density at radius 3 is 2.45 bits per heavy atom. The second kappa shape index (κ2) is 8.09. The molecular weight excluding hydrogens is 405 g/mol. The van der Waals surface area contributed by atoms with Crippen LogP contribution in [-0.2, 0) is 6.42 Å². The minimum atomic E-state index is -4.49. The summed E-state index contributed by atoms with van der Waals surface area (Å²) < 4.78 is 42.3. The van der Waals surface area contributed by atoms with Gasteiger partial charge in [-0.1, -0.05) is 48.9 Å². The van der Waals surface area contributed by atoms with Crippen LogP contribution < -0.4 is 10.6 Å². The average Bonchev–Trinajstić information content (AvgIpc) is 3.17. The number of nitrogens with zero attached hydrogens (tertiary/aromatic N) is 2. The zero-order chi connectivity index (χ0) is 22.2. The Labute approximate surface area is 178 Å². The first-order chi connectivity index (χ1) is 14.7. The van der Waals surface area contributed by atoms with E-state index in [-0.39, 0.29) is 17.9 Å². The van der Waals surface area contributed by atoms with Crippen LogP contribution in [0.25, 0.3) is 0 Å². The molecule has 31 heavy (non-hydrogen) atoms. The molecule has 8 heteroatoms. The van der Waals surface area contributed by atoms with E-state index in [2.05, 4.69) is 15.7 Å². The number of alkyl halides is 3. The number of aryl methyl sites for hydroxylation is 2. The van der Waals surface area contributed by atoms with E-state index < -0.39 is 24.2 Å². The zero-order valence-corrected chi connectivity index (χ0v) is 17.2. The Hall–Kier alpha value is -3.29. The van der Waals surface area contributed by atoms with Crippen LogP contribution in [0.1, 0.15) is 52.6 Å². The first-order valence-corrected chi connectivity index (χ1v) is 10.1. The molecule has 4 rings (SSSR count). The van der Waals surface area contributed by atoms with Crippen molar-refractivity contribution in [3.05, 3.63) is 77.0 Å². The molecule has 2 aromatic carbocycles. The van der Waals surface area contributed by atoms with Gasteiger partial charge in [0.25, 0.3) is 5.91 Å². The van der Waals surface area contributed by atoms with Gasteiger partial charge >= 0.3 is 6.18 Å². The molecule has 0 saturated carbocycles. The van der Waals surface area contributed by atoms with Gasteiger partial charge in [-0.2, -0.15) is 18.3 Å². The van der Waals surface area contributed by atoms with Crippen molar-refractivity contribution in [2.75, 3.05) is 10.6 Å². The van der Waals surface area contributed by atoms with Gasteiger partial charge in [0.15, 0.2) is 11.7 Å². The third kappa shape index (κ3) is 4.42. The summed E-state index contributed by atoms with van der Waals surface area (Å²) in [4.78, 5) is 12.6. The van der Waals surface area contributed by atoms with Crippen LogP contribution in [0.4, 0.5) is 24.7 Å². The molecule has 1 aromatic heterocycles. The minimum absolute atomic E-state index is 0.0686. The third-order valence-electron chi connectivity index (χ3n) is 5.52. The van der Waals surface area contributed by atoms with Crippen LogP contribution in [0.3, 0.4) is 0 Å². The van der Waals surface area contributed by atoms with Crippen molar-refractivity contribution >= 4 is 17.4 Å². The lowest BCUT2D eigenvalue weighted by atomic mass is 9.96. The Bertz CT molecular complexity index is 1070. The predicted molar refractivity (Wildman–Crippen MR) is 113 cm³/mol. The number of amides is 1. The topological polar surface area (TPSA) is 59.0 Å². The zero-order valence-electron chi connectivity index (χ0n) is 17.2. The molecule has 0 bridgehead atoms. The molecule has 162 valence electrons. The highest BCUT2D eigenvalue weighted by Crippen LogP contribution is 2.43. The van der Waals surface area contributed by atoms with Crippen molar-refractivity contribution in [3.63, 3.8) is 0 Å². The molecule has 5 nitrogen and oxygen atoms in total.